The molecule has 0 radical (unpaired) electrons. The highest BCUT2D eigenvalue weighted by atomic mass is 16.5. The molecule has 0 spiro atoms. The molecule has 35 heavy (non-hydrogen) atoms. The molecular formula is C26H28N6O3. The van der Waals surface area contributed by atoms with Crippen LogP contribution >= 0.6 is 0 Å². The smallest absolute Gasteiger partial charge is 0.349 e. The summed E-state index contributed by atoms with van der Waals surface area (Å²) in [6.45, 7) is 10.8. The van der Waals surface area contributed by atoms with Crippen LogP contribution in [0.4, 0.5) is 0 Å². The Morgan fingerprint density at radius 1 is 1.20 bits per heavy atom. The molecule has 0 atom stereocenters. The molecule has 0 aliphatic heterocycles. The lowest BCUT2D eigenvalue weighted by Crippen LogP contribution is -2.20. The average Bonchev–Trinajstić information content (AvgIpc) is 3.35. The Balaban J connectivity index is 1.64. The second-order valence-corrected chi connectivity index (χ2v) is 9.21. The predicted octanol–water partition coefficient (Wildman–Crippen LogP) is 3.61. The van der Waals surface area contributed by atoms with Crippen LogP contribution in [0.3, 0.4) is 0 Å². The number of nitriles is 1. The first-order valence-electron chi connectivity index (χ1n) is 11.4. The van der Waals surface area contributed by atoms with Crippen LogP contribution in [0.25, 0.3) is 22.8 Å². The van der Waals surface area contributed by atoms with E-state index in [1.165, 1.54) is 4.57 Å². The van der Waals surface area contributed by atoms with Crippen molar-refractivity contribution in [2.75, 3.05) is 0 Å². The predicted molar refractivity (Wildman–Crippen MR) is 133 cm³/mol. The summed E-state index contributed by atoms with van der Waals surface area (Å²) in [7, 11) is 1.62. The number of benzene rings is 1. The molecule has 9 nitrogen and oxygen atoms in total. The molecule has 3 aromatic heterocycles. The second kappa shape index (κ2) is 9.22. The van der Waals surface area contributed by atoms with Crippen LogP contribution in [0.1, 0.15) is 42.2 Å². The number of carbonyl (C=O) groups excluding carboxylic acids is 1. The lowest BCUT2D eigenvalue weighted by Gasteiger charge is -2.12. The molecule has 9 heteroatoms. The van der Waals surface area contributed by atoms with Gasteiger partial charge in [0.05, 0.1) is 10.9 Å². The lowest BCUT2D eigenvalue weighted by molar-refractivity contribution is -0.139. The number of esters is 1. The average molecular weight is 473 g/mol. The second-order valence-electron chi connectivity index (χ2n) is 9.21. The molecule has 0 aliphatic rings. The number of rotatable bonds is 6. The fourth-order valence-corrected chi connectivity index (χ4v) is 4.27. The SMILES string of the molecule is Cc1ccc2c(c1)c(=O)n(C)c1nnc(COC(=O)C(C#N)=Cc3cc(C)n(CC(C)C)c3C)n21. The molecule has 4 aromatic rings. The lowest BCUT2D eigenvalue weighted by atomic mass is 10.1. The Morgan fingerprint density at radius 2 is 1.94 bits per heavy atom. The Hall–Kier alpha value is -4.19. The monoisotopic (exact) mass is 472 g/mol. The van der Waals surface area contributed by atoms with Crippen molar-refractivity contribution in [1.29, 1.82) is 5.26 Å². The highest BCUT2D eigenvalue weighted by molar-refractivity contribution is 5.98. The molecule has 0 saturated heterocycles. The van der Waals surface area contributed by atoms with E-state index < -0.39 is 5.97 Å². The first-order chi connectivity index (χ1) is 16.6. The maximum Gasteiger partial charge on any atom is 0.349 e. The van der Waals surface area contributed by atoms with E-state index >= 15 is 0 Å². The number of nitrogens with zero attached hydrogens (tertiary/aromatic N) is 6. The molecule has 0 amide bonds. The van der Waals surface area contributed by atoms with Crippen LogP contribution in [-0.2, 0) is 29.7 Å². The van der Waals surface area contributed by atoms with Gasteiger partial charge >= 0.3 is 5.97 Å². The number of carbonyl (C=O) groups is 1. The van der Waals surface area contributed by atoms with E-state index in [0.717, 1.165) is 29.1 Å². The van der Waals surface area contributed by atoms with Gasteiger partial charge in [0.1, 0.15) is 11.6 Å². The molecule has 0 unspecified atom stereocenters. The molecule has 180 valence electrons. The zero-order chi connectivity index (χ0) is 25.4. The minimum atomic E-state index is -0.747. The van der Waals surface area contributed by atoms with Crippen LogP contribution in [-0.4, -0.2) is 29.7 Å². The molecule has 0 bridgehead atoms. The van der Waals surface area contributed by atoms with Crippen LogP contribution < -0.4 is 5.56 Å². The molecule has 3 heterocycles. The molecule has 1 aromatic carbocycles. The standard InChI is InChI=1S/C26H28N6O3/c1-15(2)13-31-17(4)10-19(18(31)5)11-20(12-27)25(34)35-14-23-28-29-26-30(6)24(33)21-9-16(3)7-8-22(21)32(23)26/h7-11,15H,13-14H2,1-6H3. The number of aromatic nitrogens is 5. The normalized spacial score (nSPS) is 12.0. The summed E-state index contributed by atoms with van der Waals surface area (Å²) in [4.78, 5) is 25.5. The molecule has 4 rings (SSSR count). The van der Waals surface area contributed by atoms with Gasteiger partial charge in [0.25, 0.3) is 5.56 Å². The third-order valence-corrected chi connectivity index (χ3v) is 6.07. The Labute approximate surface area is 202 Å². The summed E-state index contributed by atoms with van der Waals surface area (Å²) in [5.41, 5.74) is 4.15. The van der Waals surface area contributed by atoms with Crippen molar-refractivity contribution in [2.45, 2.75) is 47.8 Å². The van der Waals surface area contributed by atoms with Crippen molar-refractivity contribution < 1.29 is 9.53 Å². The zero-order valence-electron chi connectivity index (χ0n) is 20.8. The largest absolute Gasteiger partial charge is 0.453 e. The van der Waals surface area contributed by atoms with Gasteiger partial charge in [0, 0.05) is 25.0 Å². The van der Waals surface area contributed by atoms with Gasteiger partial charge in [-0.25, -0.2) is 4.79 Å². The minimum absolute atomic E-state index is 0.100. The molecule has 0 N–H and O–H groups in total. The zero-order valence-corrected chi connectivity index (χ0v) is 20.8. The molecular weight excluding hydrogens is 444 g/mol. The van der Waals surface area contributed by atoms with Crippen molar-refractivity contribution in [3.63, 3.8) is 0 Å². The third kappa shape index (κ3) is 4.35. The maximum atomic E-state index is 12.8. The van der Waals surface area contributed by atoms with Gasteiger partial charge < -0.3 is 9.30 Å². The van der Waals surface area contributed by atoms with Gasteiger partial charge in [-0.15, -0.1) is 10.2 Å². The van der Waals surface area contributed by atoms with E-state index in [9.17, 15) is 14.9 Å². The van der Waals surface area contributed by atoms with Crippen LogP contribution in [0.5, 0.6) is 0 Å². The Morgan fingerprint density at radius 3 is 2.63 bits per heavy atom. The first kappa shape index (κ1) is 24.0. The van der Waals surface area contributed by atoms with E-state index in [4.69, 9.17) is 4.74 Å². The van der Waals surface area contributed by atoms with Crippen molar-refractivity contribution in [2.24, 2.45) is 13.0 Å². The quantitative estimate of drug-likeness (QED) is 0.241. The van der Waals surface area contributed by atoms with Gasteiger partial charge in [-0.2, -0.15) is 5.26 Å². The highest BCUT2D eigenvalue weighted by Crippen LogP contribution is 2.21. The molecule has 0 fully saturated rings. The third-order valence-electron chi connectivity index (χ3n) is 6.07. The number of ether oxygens (including phenoxy) is 1. The fraction of sp³-hybridized carbons (Fsp3) is 0.346. The van der Waals surface area contributed by atoms with E-state index in [1.807, 2.05) is 45.0 Å². The first-order valence-corrected chi connectivity index (χ1v) is 11.4. The summed E-state index contributed by atoms with van der Waals surface area (Å²) >= 11 is 0. The van der Waals surface area contributed by atoms with E-state index in [1.54, 1.807) is 23.6 Å². The van der Waals surface area contributed by atoms with Crippen LogP contribution in [0, 0.1) is 38.0 Å². The number of hydrogen-bond donors (Lipinski definition) is 0. The maximum absolute atomic E-state index is 12.8. The van der Waals surface area contributed by atoms with Crippen molar-refractivity contribution in [3.8, 4) is 6.07 Å². The van der Waals surface area contributed by atoms with Crippen LogP contribution in [0.2, 0.25) is 0 Å². The summed E-state index contributed by atoms with van der Waals surface area (Å²) < 4.78 is 10.7. The van der Waals surface area contributed by atoms with Gasteiger partial charge in [0.15, 0.2) is 12.4 Å². The van der Waals surface area contributed by atoms with Gasteiger partial charge in [-0.1, -0.05) is 25.5 Å². The summed E-state index contributed by atoms with van der Waals surface area (Å²) in [6.07, 6.45) is 1.56. The van der Waals surface area contributed by atoms with E-state index in [2.05, 4.69) is 28.6 Å². The van der Waals surface area contributed by atoms with Crippen molar-refractivity contribution in [3.05, 3.63) is 68.5 Å². The van der Waals surface area contributed by atoms with Gasteiger partial charge in [-0.3, -0.25) is 13.8 Å². The van der Waals surface area contributed by atoms with Crippen molar-refractivity contribution >= 4 is 28.7 Å². The summed E-state index contributed by atoms with van der Waals surface area (Å²) in [5, 5.41) is 18.4. The highest BCUT2D eigenvalue weighted by Gasteiger charge is 2.19. The number of fused-ring (bicyclic) bond motifs is 3. The number of hydrogen-bond acceptors (Lipinski definition) is 6. The Bertz CT molecular complexity index is 1590. The van der Waals surface area contributed by atoms with Gasteiger partial charge in [0.2, 0.25) is 5.78 Å². The summed E-state index contributed by atoms with van der Waals surface area (Å²) in [6, 6.07) is 9.43. The number of aryl methyl sites for hydroxylation is 3. The molecule has 0 aliphatic carbocycles. The van der Waals surface area contributed by atoms with E-state index in [0.29, 0.717) is 28.4 Å². The van der Waals surface area contributed by atoms with Crippen molar-refractivity contribution in [1.82, 2.24) is 23.7 Å². The van der Waals surface area contributed by atoms with Gasteiger partial charge in [-0.05, 0) is 56.5 Å². The topological polar surface area (TPSA) is 107 Å². The molecule has 0 saturated carbocycles. The minimum Gasteiger partial charge on any atom is -0.453 e. The fourth-order valence-electron chi connectivity index (χ4n) is 4.27. The Kier molecular flexibility index (Phi) is 6.31. The summed E-state index contributed by atoms with van der Waals surface area (Å²) in [5.74, 6) is 0.411. The van der Waals surface area contributed by atoms with E-state index in [-0.39, 0.29) is 17.7 Å². The van der Waals surface area contributed by atoms with Crippen LogP contribution in [0.15, 0.2) is 34.6 Å².